The van der Waals surface area contributed by atoms with Crippen molar-refractivity contribution in [1.29, 1.82) is 0 Å². The zero-order valence-electron chi connectivity index (χ0n) is 22.5. The summed E-state index contributed by atoms with van der Waals surface area (Å²) >= 11 is 0. The number of rotatable bonds is 2. The first kappa shape index (κ1) is 22.1. The van der Waals surface area contributed by atoms with Gasteiger partial charge in [-0.15, -0.1) is 0 Å². The lowest BCUT2D eigenvalue weighted by Gasteiger charge is -2.20. The maximum Gasteiger partial charge on any atom is 0.136 e. The first-order chi connectivity index (χ1) is 20.8. The van der Waals surface area contributed by atoms with Gasteiger partial charge in [-0.1, -0.05) is 84.9 Å². The van der Waals surface area contributed by atoms with E-state index < -0.39 is 0 Å². The van der Waals surface area contributed by atoms with Crippen molar-refractivity contribution in [3.8, 4) is 33.4 Å². The summed E-state index contributed by atoms with van der Waals surface area (Å²) in [6, 6.07) is 47.7. The highest BCUT2D eigenvalue weighted by atomic mass is 16.3. The van der Waals surface area contributed by atoms with Crippen LogP contribution in [0.2, 0.25) is 0 Å². The first-order valence-corrected chi connectivity index (χ1v) is 14.3. The fourth-order valence-corrected chi connectivity index (χ4v) is 6.95. The summed E-state index contributed by atoms with van der Waals surface area (Å²) in [5, 5.41) is 9.47. The predicted octanol–water partition coefficient (Wildman–Crippen LogP) is 11.7. The molecule has 8 aromatic carbocycles. The van der Waals surface area contributed by atoms with Crippen molar-refractivity contribution in [1.82, 2.24) is 0 Å². The van der Waals surface area contributed by atoms with Crippen molar-refractivity contribution in [2.45, 2.75) is 0 Å². The van der Waals surface area contributed by atoms with Crippen LogP contribution in [0.15, 0.2) is 142 Å². The van der Waals surface area contributed by atoms with Crippen molar-refractivity contribution in [2.75, 3.05) is 0 Å². The third-order valence-corrected chi connectivity index (χ3v) is 8.94. The molecule has 2 aliphatic heterocycles. The van der Waals surface area contributed by atoms with Crippen molar-refractivity contribution < 1.29 is 8.83 Å². The van der Waals surface area contributed by atoms with Crippen LogP contribution in [-0.4, -0.2) is 0 Å². The van der Waals surface area contributed by atoms with Crippen LogP contribution in [-0.2, 0) is 0 Å². The lowest BCUT2D eigenvalue weighted by atomic mass is 9.88. The predicted molar refractivity (Wildman–Crippen MR) is 175 cm³/mol. The molecule has 42 heavy (non-hydrogen) atoms. The van der Waals surface area contributed by atoms with Crippen LogP contribution in [0.3, 0.4) is 0 Å². The molecule has 2 nitrogen and oxygen atoms in total. The summed E-state index contributed by atoms with van der Waals surface area (Å²) in [4.78, 5) is 0. The van der Waals surface area contributed by atoms with Gasteiger partial charge in [-0.25, -0.2) is 0 Å². The van der Waals surface area contributed by atoms with Gasteiger partial charge in [0.15, 0.2) is 0 Å². The topological polar surface area (TPSA) is 26.3 Å². The second kappa shape index (κ2) is 7.99. The van der Waals surface area contributed by atoms with E-state index >= 15 is 0 Å². The Morgan fingerprint density at radius 1 is 0.286 bits per heavy atom. The normalized spacial score (nSPS) is 12.3. The first-order valence-electron chi connectivity index (χ1n) is 14.3. The SMILES string of the molecule is c1ccc2cc(-c3cc4ccc5oc6cc(-c7ccc8ccccc8c7)cc7ccc8oc(c3)c4c5-c8c76)ccc2c1. The van der Waals surface area contributed by atoms with Crippen LogP contribution in [0.4, 0.5) is 0 Å². The maximum absolute atomic E-state index is 6.70. The molecule has 0 spiro atoms. The van der Waals surface area contributed by atoms with Crippen LogP contribution < -0.4 is 0 Å². The van der Waals surface area contributed by atoms with Crippen LogP contribution >= 0.6 is 0 Å². The Hall–Kier alpha value is -5.60. The van der Waals surface area contributed by atoms with E-state index in [2.05, 4.69) is 133 Å². The third-order valence-electron chi connectivity index (χ3n) is 8.94. The molecule has 0 fully saturated rings. The zero-order valence-corrected chi connectivity index (χ0v) is 22.5. The van der Waals surface area contributed by atoms with Gasteiger partial charge in [0, 0.05) is 21.9 Å². The Kier molecular flexibility index (Phi) is 4.21. The van der Waals surface area contributed by atoms with E-state index in [1.165, 1.54) is 32.7 Å². The highest BCUT2D eigenvalue weighted by Crippen LogP contribution is 2.49. The van der Waals surface area contributed by atoms with Gasteiger partial charge in [0.1, 0.15) is 22.3 Å². The van der Waals surface area contributed by atoms with Crippen molar-refractivity contribution >= 4 is 65.4 Å². The smallest absolute Gasteiger partial charge is 0.136 e. The summed E-state index contributed by atoms with van der Waals surface area (Å²) in [6.45, 7) is 0. The van der Waals surface area contributed by atoms with E-state index in [4.69, 9.17) is 8.83 Å². The molecule has 0 N–H and O–H groups in total. The summed E-state index contributed by atoms with van der Waals surface area (Å²) in [7, 11) is 0. The average molecular weight is 535 g/mol. The molecule has 2 aliphatic rings. The van der Waals surface area contributed by atoms with E-state index in [1.807, 2.05) is 0 Å². The minimum absolute atomic E-state index is 0.874. The highest BCUT2D eigenvalue weighted by molar-refractivity contribution is 6.24. The van der Waals surface area contributed by atoms with Crippen molar-refractivity contribution in [2.24, 2.45) is 0 Å². The van der Waals surface area contributed by atoms with Gasteiger partial charge >= 0.3 is 0 Å². The van der Waals surface area contributed by atoms with Crippen molar-refractivity contribution in [3.05, 3.63) is 133 Å². The molecule has 0 bridgehead atoms. The minimum atomic E-state index is 0.874. The average Bonchev–Trinajstić information content (AvgIpc) is 3.05. The van der Waals surface area contributed by atoms with Gasteiger partial charge in [-0.3, -0.25) is 0 Å². The Balaban J connectivity index is 1.22. The maximum atomic E-state index is 6.70. The van der Waals surface area contributed by atoms with Crippen LogP contribution in [0.5, 0.6) is 0 Å². The van der Waals surface area contributed by atoms with Gasteiger partial charge in [-0.2, -0.15) is 0 Å². The number of hydrogen-bond donors (Lipinski definition) is 0. The fourth-order valence-electron chi connectivity index (χ4n) is 6.95. The number of hydrogen-bond acceptors (Lipinski definition) is 2. The molecule has 0 saturated heterocycles. The third kappa shape index (κ3) is 3.04. The standard InChI is InChI=1S/C40H22O2/c1-3-7-25-17-27(11-9-23(25)5-1)31-19-29-13-15-34-39-37(29)35(21-31)41-33-16-14-30-20-32(22-36(42-34)38(30)40(33)39)28-12-10-24-6-2-4-8-26(24)18-28/h1-22H. The molecule has 2 heteroatoms. The summed E-state index contributed by atoms with van der Waals surface area (Å²) in [5.74, 6) is 0. The summed E-state index contributed by atoms with van der Waals surface area (Å²) in [6.07, 6.45) is 0. The Morgan fingerprint density at radius 3 is 1.17 bits per heavy atom. The second-order valence-corrected chi connectivity index (χ2v) is 11.4. The zero-order chi connectivity index (χ0) is 27.4. The van der Waals surface area contributed by atoms with E-state index in [0.717, 1.165) is 66.1 Å². The van der Waals surface area contributed by atoms with Crippen LogP contribution in [0, 0.1) is 0 Å². The molecule has 0 saturated carbocycles. The molecule has 10 rings (SSSR count). The number of benzene rings is 8. The monoisotopic (exact) mass is 534 g/mol. The van der Waals surface area contributed by atoms with E-state index in [1.54, 1.807) is 0 Å². The van der Waals surface area contributed by atoms with Crippen molar-refractivity contribution in [3.63, 3.8) is 0 Å². The molecule has 0 unspecified atom stereocenters. The molecule has 0 atom stereocenters. The van der Waals surface area contributed by atoms with E-state index in [9.17, 15) is 0 Å². The summed E-state index contributed by atoms with van der Waals surface area (Å²) < 4.78 is 13.4. The Labute approximate surface area is 240 Å². The minimum Gasteiger partial charge on any atom is -0.456 e. The molecular weight excluding hydrogens is 512 g/mol. The number of fused-ring (bicyclic) bond motifs is 2. The lowest BCUT2D eigenvalue weighted by molar-refractivity contribution is 0.646. The Morgan fingerprint density at radius 2 is 0.690 bits per heavy atom. The molecule has 0 radical (unpaired) electrons. The highest BCUT2D eigenvalue weighted by Gasteiger charge is 2.25. The van der Waals surface area contributed by atoms with Gasteiger partial charge < -0.3 is 8.83 Å². The van der Waals surface area contributed by atoms with Crippen LogP contribution in [0.1, 0.15) is 0 Å². The summed E-state index contributed by atoms with van der Waals surface area (Å²) in [5.41, 5.74) is 10.4. The molecule has 0 aromatic heterocycles. The molecule has 8 aromatic rings. The quantitative estimate of drug-likeness (QED) is 0.163. The molecule has 194 valence electrons. The fraction of sp³-hybridized carbons (Fsp3) is 0. The largest absolute Gasteiger partial charge is 0.456 e. The molecule has 2 heterocycles. The second-order valence-electron chi connectivity index (χ2n) is 11.4. The molecule has 0 amide bonds. The Bertz CT molecular complexity index is 2450. The van der Waals surface area contributed by atoms with Gasteiger partial charge in [0.05, 0.1) is 0 Å². The van der Waals surface area contributed by atoms with Gasteiger partial charge in [0.2, 0.25) is 0 Å². The van der Waals surface area contributed by atoms with E-state index in [-0.39, 0.29) is 0 Å². The van der Waals surface area contributed by atoms with Crippen LogP contribution in [0.25, 0.3) is 98.8 Å². The molecular formula is C40H22O2. The van der Waals surface area contributed by atoms with E-state index in [0.29, 0.717) is 0 Å². The van der Waals surface area contributed by atoms with Gasteiger partial charge in [-0.05, 0) is 103 Å². The lowest BCUT2D eigenvalue weighted by Crippen LogP contribution is -1.95. The molecule has 0 aliphatic carbocycles. The van der Waals surface area contributed by atoms with Gasteiger partial charge in [0.25, 0.3) is 0 Å².